The van der Waals surface area contributed by atoms with E-state index in [0.29, 0.717) is 12.4 Å². The number of rotatable bonds is 5. The molecule has 0 radical (unpaired) electrons. The van der Waals surface area contributed by atoms with E-state index in [-0.39, 0.29) is 16.3 Å². The zero-order valence-corrected chi connectivity index (χ0v) is 10.7. The first-order valence-electron chi connectivity index (χ1n) is 5.02. The molecule has 0 unspecified atom stereocenters. The molecule has 5 nitrogen and oxygen atoms in total. The van der Waals surface area contributed by atoms with Crippen LogP contribution in [0.1, 0.15) is 24.2 Å². The van der Waals surface area contributed by atoms with Gasteiger partial charge in [0.05, 0.1) is 17.7 Å². The molecule has 1 aromatic heterocycles. The van der Waals surface area contributed by atoms with Crippen LogP contribution in [0, 0.1) is 0 Å². The van der Waals surface area contributed by atoms with E-state index in [4.69, 9.17) is 21.4 Å². The van der Waals surface area contributed by atoms with Crippen LogP contribution in [-0.2, 0) is 4.74 Å². The number of pyridine rings is 1. The minimum atomic E-state index is -1.04. The van der Waals surface area contributed by atoms with Crippen LogP contribution >= 0.6 is 11.6 Å². The van der Waals surface area contributed by atoms with E-state index in [9.17, 15) is 4.79 Å². The number of hydrogen-bond acceptors (Lipinski definition) is 4. The Balaban J connectivity index is 2.95. The van der Waals surface area contributed by atoms with Gasteiger partial charge in [-0.2, -0.15) is 0 Å². The number of aromatic carboxylic acids is 1. The Morgan fingerprint density at radius 2 is 2.24 bits per heavy atom. The van der Waals surface area contributed by atoms with Gasteiger partial charge in [-0.1, -0.05) is 11.6 Å². The summed E-state index contributed by atoms with van der Waals surface area (Å²) in [6.45, 7) is 4.29. The van der Waals surface area contributed by atoms with E-state index < -0.39 is 5.97 Å². The predicted molar refractivity (Wildman–Crippen MR) is 65.8 cm³/mol. The maximum Gasteiger partial charge on any atom is 0.335 e. The summed E-state index contributed by atoms with van der Waals surface area (Å²) in [5, 5.41) is 12.1. The second-order valence-corrected chi connectivity index (χ2v) is 4.70. The lowest BCUT2D eigenvalue weighted by molar-refractivity contribution is 0.0696. The Hall–Kier alpha value is -1.33. The molecule has 1 aromatic rings. The topological polar surface area (TPSA) is 71.5 Å². The number of halogens is 1. The zero-order chi connectivity index (χ0) is 13.1. The van der Waals surface area contributed by atoms with E-state index in [2.05, 4.69) is 10.3 Å². The second-order valence-electron chi connectivity index (χ2n) is 4.31. The van der Waals surface area contributed by atoms with Crippen LogP contribution < -0.4 is 5.32 Å². The quantitative estimate of drug-likeness (QED) is 0.793. The number of nitrogens with one attached hydrogen (secondary N) is 1. The van der Waals surface area contributed by atoms with E-state index in [1.165, 1.54) is 12.1 Å². The Morgan fingerprint density at radius 3 is 2.76 bits per heavy atom. The van der Waals surface area contributed by atoms with Gasteiger partial charge < -0.3 is 15.2 Å². The third kappa shape index (κ3) is 4.20. The lowest BCUT2D eigenvalue weighted by Crippen LogP contribution is -2.36. The van der Waals surface area contributed by atoms with Crippen LogP contribution in [0.3, 0.4) is 0 Å². The van der Waals surface area contributed by atoms with Crippen LogP contribution in [0.2, 0.25) is 5.15 Å². The van der Waals surface area contributed by atoms with Gasteiger partial charge in [0.15, 0.2) is 0 Å². The zero-order valence-electron chi connectivity index (χ0n) is 9.95. The molecule has 0 fully saturated rings. The van der Waals surface area contributed by atoms with Crippen LogP contribution in [0.5, 0.6) is 0 Å². The SMILES string of the molecule is COCC(C)(C)Nc1cc(C(=O)O)cc(Cl)n1. The highest BCUT2D eigenvalue weighted by Crippen LogP contribution is 2.18. The van der Waals surface area contributed by atoms with E-state index in [1.807, 2.05) is 13.8 Å². The van der Waals surface area contributed by atoms with Crippen LogP contribution in [0.25, 0.3) is 0 Å². The molecule has 0 aliphatic carbocycles. The average molecular weight is 259 g/mol. The number of carboxylic acid groups (broad SMARTS) is 1. The van der Waals surface area contributed by atoms with Crippen molar-refractivity contribution in [2.75, 3.05) is 19.0 Å². The smallest absolute Gasteiger partial charge is 0.335 e. The van der Waals surface area contributed by atoms with E-state index >= 15 is 0 Å². The lowest BCUT2D eigenvalue weighted by Gasteiger charge is -2.26. The number of nitrogens with zero attached hydrogens (tertiary/aromatic N) is 1. The number of ether oxygens (including phenoxy) is 1. The number of methoxy groups -OCH3 is 1. The molecule has 0 aliphatic rings. The Bertz CT molecular complexity index is 421. The highest BCUT2D eigenvalue weighted by Gasteiger charge is 2.18. The van der Waals surface area contributed by atoms with E-state index in [0.717, 1.165) is 0 Å². The number of carbonyl (C=O) groups is 1. The van der Waals surface area contributed by atoms with Gasteiger partial charge in [-0.3, -0.25) is 0 Å². The van der Waals surface area contributed by atoms with Gasteiger partial charge in [0, 0.05) is 7.11 Å². The molecule has 1 heterocycles. The third-order valence-corrected chi connectivity index (χ3v) is 2.21. The van der Waals surface area contributed by atoms with Crippen molar-refractivity contribution in [3.8, 4) is 0 Å². The third-order valence-electron chi connectivity index (χ3n) is 2.01. The molecule has 94 valence electrons. The van der Waals surface area contributed by atoms with Gasteiger partial charge >= 0.3 is 5.97 Å². The summed E-state index contributed by atoms with van der Waals surface area (Å²) in [7, 11) is 1.59. The predicted octanol–water partition coefficient (Wildman–Crippen LogP) is 2.27. The molecular formula is C11H15ClN2O3. The molecule has 0 aromatic carbocycles. The molecule has 17 heavy (non-hydrogen) atoms. The normalized spacial score (nSPS) is 11.3. The van der Waals surface area contributed by atoms with Crippen molar-refractivity contribution >= 4 is 23.4 Å². The summed E-state index contributed by atoms with van der Waals surface area (Å²) in [6, 6.07) is 2.74. The standard InChI is InChI=1S/C11H15ClN2O3/c1-11(2,6-17-3)14-9-5-7(10(15)16)4-8(12)13-9/h4-5H,6H2,1-3H3,(H,13,14)(H,15,16). The summed E-state index contributed by atoms with van der Waals surface area (Å²) in [6.07, 6.45) is 0. The average Bonchev–Trinajstić information content (AvgIpc) is 2.15. The van der Waals surface area contributed by atoms with Gasteiger partial charge in [0.25, 0.3) is 0 Å². The first-order chi connectivity index (χ1) is 7.84. The largest absolute Gasteiger partial charge is 0.478 e. The highest BCUT2D eigenvalue weighted by molar-refractivity contribution is 6.29. The van der Waals surface area contributed by atoms with Gasteiger partial charge in [-0.05, 0) is 26.0 Å². The summed E-state index contributed by atoms with van der Waals surface area (Å²) in [5.41, 5.74) is -0.261. The first kappa shape index (κ1) is 13.7. The van der Waals surface area contributed by atoms with Crippen LogP contribution in [-0.4, -0.2) is 35.3 Å². The molecule has 0 atom stereocenters. The van der Waals surface area contributed by atoms with E-state index in [1.54, 1.807) is 7.11 Å². The van der Waals surface area contributed by atoms with Crippen molar-refractivity contribution in [2.24, 2.45) is 0 Å². The molecule has 0 saturated heterocycles. The molecule has 2 N–H and O–H groups in total. The summed E-state index contributed by atoms with van der Waals surface area (Å²) >= 11 is 5.75. The fraction of sp³-hybridized carbons (Fsp3) is 0.455. The fourth-order valence-corrected chi connectivity index (χ4v) is 1.64. The monoisotopic (exact) mass is 258 g/mol. The van der Waals surface area contributed by atoms with Crippen LogP contribution in [0.15, 0.2) is 12.1 Å². The van der Waals surface area contributed by atoms with Gasteiger partial charge in [-0.15, -0.1) is 0 Å². The van der Waals surface area contributed by atoms with Gasteiger partial charge in [-0.25, -0.2) is 9.78 Å². The number of carboxylic acids is 1. The van der Waals surface area contributed by atoms with Crippen molar-refractivity contribution in [1.82, 2.24) is 4.98 Å². The van der Waals surface area contributed by atoms with Crippen molar-refractivity contribution in [3.05, 3.63) is 22.8 Å². The van der Waals surface area contributed by atoms with Crippen LogP contribution in [0.4, 0.5) is 5.82 Å². The summed E-state index contributed by atoms with van der Waals surface area (Å²) < 4.78 is 5.05. The first-order valence-corrected chi connectivity index (χ1v) is 5.40. The Kier molecular flexibility index (Phi) is 4.31. The van der Waals surface area contributed by atoms with Crippen molar-refractivity contribution in [3.63, 3.8) is 0 Å². The number of aromatic nitrogens is 1. The fourth-order valence-electron chi connectivity index (χ4n) is 1.43. The summed E-state index contributed by atoms with van der Waals surface area (Å²) in [5.74, 6) is -0.626. The molecule has 0 bridgehead atoms. The molecular weight excluding hydrogens is 244 g/mol. The molecule has 1 rings (SSSR count). The molecule has 0 spiro atoms. The van der Waals surface area contributed by atoms with Crippen molar-refractivity contribution in [1.29, 1.82) is 0 Å². The maximum atomic E-state index is 10.9. The second kappa shape index (κ2) is 5.33. The minimum Gasteiger partial charge on any atom is -0.478 e. The van der Waals surface area contributed by atoms with Crippen molar-refractivity contribution in [2.45, 2.75) is 19.4 Å². The lowest BCUT2D eigenvalue weighted by atomic mass is 10.1. The molecule has 6 heteroatoms. The number of hydrogen-bond donors (Lipinski definition) is 2. The Labute approximate surface area is 105 Å². The maximum absolute atomic E-state index is 10.9. The molecule has 0 amide bonds. The highest BCUT2D eigenvalue weighted by atomic mass is 35.5. The van der Waals surface area contributed by atoms with Crippen molar-refractivity contribution < 1.29 is 14.6 Å². The van der Waals surface area contributed by atoms with Gasteiger partial charge in [0.1, 0.15) is 11.0 Å². The molecule has 0 aliphatic heterocycles. The number of anilines is 1. The minimum absolute atomic E-state index is 0.0979. The molecule has 0 saturated carbocycles. The summed E-state index contributed by atoms with van der Waals surface area (Å²) in [4.78, 5) is 14.9. The van der Waals surface area contributed by atoms with Gasteiger partial charge in [0.2, 0.25) is 0 Å². The Morgan fingerprint density at radius 1 is 1.59 bits per heavy atom.